The summed E-state index contributed by atoms with van der Waals surface area (Å²) in [6, 6.07) is 13.6. The molecule has 0 fully saturated rings. The predicted octanol–water partition coefficient (Wildman–Crippen LogP) is 4.69. The number of hydrogen-bond donors (Lipinski definition) is 2. The Morgan fingerprint density at radius 1 is 1.25 bits per heavy atom. The topological polar surface area (TPSA) is 71.1 Å². The van der Waals surface area contributed by atoms with Crippen molar-refractivity contribution in [3.8, 4) is 10.4 Å². The Morgan fingerprint density at radius 2 is 2.04 bits per heavy atom. The molecule has 2 aromatic heterocycles. The minimum Gasteiger partial charge on any atom is -0.351 e. The molecule has 0 radical (unpaired) electrons. The number of nitrogens with one attached hydrogen (secondary N) is 2. The number of hydrogen-bond acceptors (Lipinski definition) is 4. The number of thiophene rings is 1. The lowest BCUT2D eigenvalue weighted by Gasteiger charge is -2.15. The monoisotopic (exact) mass is 411 g/mol. The van der Waals surface area contributed by atoms with Gasteiger partial charge in [0.05, 0.1) is 4.88 Å². The molecule has 0 bridgehead atoms. The fourth-order valence-electron chi connectivity index (χ4n) is 3.42. The van der Waals surface area contributed by atoms with Crippen LogP contribution in [0.4, 0.5) is 5.82 Å². The summed E-state index contributed by atoms with van der Waals surface area (Å²) in [7, 11) is 0. The Hall–Kier alpha value is -2.70. The van der Waals surface area contributed by atoms with Gasteiger partial charge in [-0.2, -0.15) is 0 Å². The first-order chi connectivity index (χ1) is 13.5. The van der Waals surface area contributed by atoms with Gasteiger partial charge < -0.3 is 10.6 Å². The van der Waals surface area contributed by atoms with Gasteiger partial charge in [0.2, 0.25) is 5.91 Å². The van der Waals surface area contributed by atoms with Crippen LogP contribution in [0.1, 0.15) is 40.1 Å². The molecule has 0 saturated carbocycles. The van der Waals surface area contributed by atoms with E-state index in [0.717, 1.165) is 32.9 Å². The minimum absolute atomic E-state index is 0.0427. The summed E-state index contributed by atoms with van der Waals surface area (Å²) in [4.78, 5) is 29.8. The largest absolute Gasteiger partial charge is 0.351 e. The zero-order chi connectivity index (χ0) is 19.7. The predicted molar refractivity (Wildman–Crippen MR) is 112 cm³/mol. The molecule has 1 unspecified atom stereocenters. The number of rotatable bonds is 3. The number of halogens is 1. The van der Waals surface area contributed by atoms with Gasteiger partial charge >= 0.3 is 0 Å². The average Bonchev–Trinajstić information content (AvgIpc) is 3.05. The molecular formula is C21H18ClN3O2S. The molecule has 3 aromatic rings. The van der Waals surface area contributed by atoms with Gasteiger partial charge in [0.25, 0.3) is 5.91 Å². The van der Waals surface area contributed by atoms with E-state index in [1.165, 1.54) is 18.3 Å². The Bertz CT molecular complexity index is 1050. The highest BCUT2D eigenvalue weighted by atomic mass is 35.5. The van der Waals surface area contributed by atoms with Crippen molar-refractivity contribution in [1.82, 2.24) is 10.3 Å². The first kappa shape index (κ1) is 18.7. The summed E-state index contributed by atoms with van der Waals surface area (Å²) in [5.74, 6) is 0.396. The summed E-state index contributed by atoms with van der Waals surface area (Å²) in [5, 5.41) is 6.38. The highest BCUT2D eigenvalue weighted by molar-refractivity contribution is 7.17. The zero-order valence-corrected chi connectivity index (χ0v) is 16.7. The van der Waals surface area contributed by atoms with E-state index in [4.69, 9.17) is 11.6 Å². The van der Waals surface area contributed by atoms with Crippen molar-refractivity contribution in [1.29, 1.82) is 0 Å². The lowest BCUT2D eigenvalue weighted by atomic mass is 9.89. The number of aromatic nitrogens is 1. The average molecular weight is 412 g/mol. The standard InChI is InChI=1S/C21H18ClN3O2S/c1-12(26)25-19-10-14(6-8-23-19)18-11-17-16(13-2-4-15(22)5-3-13)7-9-24-21(27)20(17)28-18/h2-6,8,10-11,16H,7,9H2,1H3,(H,24,27)(H,23,25,26). The van der Waals surface area contributed by atoms with Crippen LogP contribution in [0, 0.1) is 0 Å². The fraction of sp³-hybridized carbons (Fsp3) is 0.190. The van der Waals surface area contributed by atoms with Crippen molar-refractivity contribution in [2.75, 3.05) is 11.9 Å². The van der Waals surface area contributed by atoms with Gasteiger partial charge in [-0.1, -0.05) is 23.7 Å². The molecule has 3 heterocycles. The SMILES string of the molecule is CC(=O)Nc1cc(-c2cc3c(s2)C(=O)NCCC3c2ccc(Cl)cc2)ccn1. The smallest absolute Gasteiger partial charge is 0.261 e. The molecule has 0 saturated heterocycles. The third kappa shape index (κ3) is 3.79. The first-order valence-electron chi connectivity index (χ1n) is 8.92. The molecule has 1 aliphatic heterocycles. The third-order valence-electron chi connectivity index (χ3n) is 4.68. The van der Waals surface area contributed by atoms with Gasteiger partial charge in [-0.25, -0.2) is 4.98 Å². The fourth-order valence-corrected chi connectivity index (χ4v) is 4.68. The Labute approximate surface area is 171 Å². The highest BCUT2D eigenvalue weighted by Gasteiger charge is 2.27. The number of carbonyl (C=O) groups is 2. The molecule has 5 nitrogen and oxygen atoms in total. The van der Waals surface area contributed by atoms with Gasteiger partial charge in [0, 0.05) is 35.5 Å². The van der Waals surface area contributed by atoms with Crippen LogP contribution < -0.4 is 10.6 Å². The molecule has 1 atom stereocenters. The molecule has 7 heteroatoms. The van der Waals surface area contributed by atoms with Gasteiger partial charge in [0.15, 0.2) is 0 Å². The maximum atomic E-state index is 12.6. The second kappa shape index (κ2) is 7.73. The normalized spacial score (nSPS) is 16.1. The van der Waals surface area contributed by atoms with E-state index in [1.54, 1.807) is 6.20 Å². The van der Waals surface area contributed by atoms with E-state index in [0.29, 0.717) is 17.4 Å². The van der Waals surface area contributed by atoms with Crippen LogP contribution in [-0.2, 0) is 4.79 Å². The van der Waals surface area contributed by atoms with Crippen molar-refractivity contribution in [2.24, 2.45) is 0 Å². The van der Waals surface area contributed by atoms with Crippen LogP contribution >= 0.6 is 22.9 Å². The van der Waals surface area contributed by atoms with Gasteiger partial charge in [0.1, 0.15) is 5.82 Å². The quantitative estimate of drug-likeness (QED) is 0.656. The van der Waals surface area contributed by atoms with Crippen molar-refractivity contribution >= 4 is 40.6 Å². The molecule has 0 aliphatic carbocycles. The van der Waals surface area contributed by atoms with Crippen LogP contribution in [0.15, 0.2) is 48.7 Å². The molecule has 28 heavy (non-hydrogen) atoms. The molecular weight excluding hydrogens is 394 g/mol. The van der Waals surface area contributed by atoms with Crippen molar-refractivity contribution < 1.29 is 9.59 Å². The summed E-state index contributed by atoms with van der Waals surface area (Å²) in [6.45, 7) is 2.08. The molecule has 142 valence electrons. The summed E-state index contributed by atoms with van der Waals surface area (Å²) in [5.41, 5.74) is 3.08. The Balaban J connectivity index is 1.76. The minimum atomic E-state index is -0.172. The zero-order valence-electron chi connectivity index (χ0n) is 15.2. The summed E-state index contributed by atoms with van der Waals surface area (Å²) >= 11 is 7.50. The molecule has 1 aromatic carbocycles. The maximum Gasteiger partial charge on any atom is 0.261 e. The number of fused-ring (bicyclic) bond motifs is 1. The third-order valence-corrected chi connectivity index (χ3v) is 6.13. The number of amides is 2. The number of carbonyl (C=O) groups excluding carboxylic acids is 2. The van der Waals surface area contributed by atoms with E-state index in [9.17, 15) is 9.59 Å². The van der Waals surface area contributed by atoms with Crippen molar-refractivity contribution in [3.05, 3.63) is 69.7 Å². The lowest BCUT2D eigenvalue weighted by molar-refractivity contribution is -0.114. The molecule has 0 spiro atoms. The summed E-state index contributed by atoms with van der Waals surface area (Å²) in [6.07, 6.45) is 2.48. The van der Waals surface area contributed by atoms with E-state index >= 15 is 0 Å². The highest BCUT2D eigenvalue weighted by Crippen LogP contribution is 2.40. The maximum absolute atomic E-state index is 12.6. The number of benzene rings is 1. The Morgan fingerprint density at radius 3 is 2.79 bits per heavy atom. The second-order valence-corrected chi connectivity index (χ2v) is 8.14. The number of pyridine rings is 1. The van der Waals surface area contributed by atoms with E-state index in [2.05, 4.69) is 21.7 Å². The van der Waals surface area contributed by atoms with E-state index < -0.39 is 0 Å². The van der Waals surface area contributed by atoms with Crippen LogP contribution in [0.2, 0.25) is 5.02 Å². The van der Waals surface area contributed by atoms with Gasteiger partial charge in [-0.15, -0.1) is 11.3 Å². The van der Waals surface area contributed by atoms with Crippen LogP contribution in [0.25, 0.3) is 10.4 Å². The van der Waals surface area contributed by atoms with Crippen molar-refractivity contribution in [2.45, 2.75) is 19.3 Å². The van der Waals surface area contributed by atoms with Crippen LogP contribution in [0.5, 0.6) is 0 Å². The molecule has 1 aliphatic rings. The van der Waals surface area contributed by atoms with Gasteiger partial charge in [-0.3, -0.25) is 9.59 Å². The van der Waals surface area contributed by atoms with E-state index in [1.807, 2.05) is 36.4 Å². The second-order valence-electron chi connectivity index (χ2n) is 6.65. The van der Waals surface area contributed by atoms with Crippen molar-refractivity contribution in [3.63, 3.8) is 0 Å². The lowest BCUT2D eigenvalue weighted by Crippen LogP contribution is -2.21. The molecule has 2 amide bonds. The number of anilines is 1. The van der Waals surface area contributed by atoms with Gasteiger partial charge in [-0.05, 0) is 53.4 Å². The van der Waals surface area contributed by atoms with Crippen LogP contribution in [-0.4, -0.2) is 23.3 Å². The molecule has 2 N–H and O–H groups in total. The molecule has 4 rings (SSSR count). The number of nitrogens with zero attached hydrogens (tertiary/aromatic N) is 1. The first-order valence-corrected chi connectivity index (χ1v) is 10.1. The van der Waals surface area contributed by atoms with Crippen LogP contribution in [0.3, 0.4) is 0 Å². The Kier molecular flexibility index (Phi) is 5.15. The summed E-state index contributed by atoms with van der Waals surface area (Å²) < 4.78 is 0. The van der Waals surface area contributed by atoms with E-state index in [-0.39, 0.29) is 17.7 Å².